The second-order valence-corrected chi connectivity index (χ2v) is 6.91. The molecular formula is C20H24F2N4O. The van der Waals surface area contributed by atoms with Gasteiger partial charge in [0.1, 0.15) is 12.0 Å². The number of aromatic nitrogens is 1. The number of nitrogens with one attached hydrogen (secondary N) is 1. The van der Waals surface area contributed by atoms with Crippen LogP contribution in [0.3, 0.4) is 0 Å². The molecule has 7 heteroatoms. The number of piperidine rings is 1. The van der Waals surface area contributed by atoms with E-state index in [1.54, 1.807) is 30.6 Å². The maximum absolute atomic E-state index is 14.7. The van der Waals surface area contributed by atoms with Crippen molar-refractivity contribution >= 4 is 6.03 Å². The fourth-order valence-electron chi connectivity index (χ4n) is 3.30. The Bertz CT molecular complexity index is 741. The molecule has 2 atom stereocenters. The lowest BCUT2D eigenvalue weighted by Gasteiger charge is -2.39. The molecule has 5 nitrogen and oxygen atoms in total. The highest BCUT2D eigenvalue weighted by atomic mass is 19.1. The average molecular weight is 374 g/mol. The van der Waals surface area contributed by atoms with Crippen LogP contribution in [0.15, 0.2) is 48.8 Å². The molecule has 1 aliphatic heterocycles. The summed E-state index contributed by atoms with van der Waals surface area (Å²) < 4.78 is 27.9. The Morgan fingerprint density at radius 2 is 2.07 bits per heavy atom. The zero-order chi connectivity index (χ0) is 19.2. The first-order valence-corrected chi connectivity index (χ1v) is 9.03. The smallest absolute Gasteiger partial charge is 0.318 e. The number of hydrogen-bond donors (Lipinski definition) is 1. The third kappa shape index (κ3) is 5.23. The quantitative estimate of drug-likeness (QED) is 0.875. The van der Waals surface area contributed by atoms with Gasteiger partial charge < -0.3 is 15.1 Å². The van der Waals surface area contributed by atoms with Crippen molar-refractivity contribution in [3.63, 3.8) is 0 Å². The van der Waals surface area contributed by atoms with E-state index in [0.717, 1.165) is 17.7 Å². The van der Waals surface area contributed by atoms with Crippen LogP contribution in [-0.2, 0) is 13.1 Å². The molecule has 2 amide bonds. The van der Waals surface area contributed by atoms with Crippen molar-refractivity contribution in [1.82, 2.24) is 20.1 Å². The first-order chi connectivity index (χ1) is 13.0. The SMILES string of the molecule is CN1CC[C@H](N(Cc2ccc(F)cc2)C(=O)NCc2cccnc2)[C@H](F)C1. The summed E-state index contributed by atoms with van der Waals surface area (Å²) in [6, 6.07) is 8.76. The van der Waals surface area contributed by atoms with Gasteiger partial charge in [-0.3, -0.25) is 4.98 Å². The predicted molar refractivity (Wildman–Crippen MR) is 99.2 cm³/mol. The molecule has 0 saturated carbocycles. The number of carbonyl (C=O) groups is 1. The van der Waals surface area contributed by atoms with Crippen LogP contribution in [0, 0.1) is 5.82 Å². The van der Waals surface area contributed by atoms with Gasteiger partial charge in [0.05, 0.1) is 6.04 Å². The van der Waals surface area contributed by atoms with Gasteiger partial charge in [-0.1, -0.05) is 18.2 Å². The Labute approximate surface area is 158 Å². The Hall–Kier alpha value is -2.54. The number of benzene rings is 1. The lowest BCUT2D eigenvalue weighted by atomic mass is 10.0. The van der Waals surface area contributed by atoms with E-state index in [0.29, 0.717) is 19.5 Å². The molecule has 1 fully saturated rings. The fraction of sp³-hybridized carbons (Fsp3) is 0.400. The molecular weight excluding hydrogens is 350 g/mol. The second kappa shape index (κ2) is 8.90. The molecule has 1 saturated heterocycles. The van der Waals surface area contributed by atoms with Crippen LogP contribution in [0.25, 0.3) is 0 Å². The van der Waals surface area contributed by atoms with Crippen LogP contribution in [0.1, 0.15) is 17.5 Å². The maximum atomic E-state index is 14.7. The minimum Gasteiger partial charge on any atom is -0.334 e. The molecule has 1 N–H and O–H groups in total. The molecule has 27 heavy (non-hydrogen) atoms. The van der Waals surface area contributed by atoms with Gasteiger partial charge in [-0.2, -0.15) is 0 Å². The molecule has 0 radical (unpaired) electrons. The number of alkyl halides is 1. The molecule has 1 aliphatic rings. The van der Waals surface area contributed by atoms with E-state index in [9.17, 15) is 13.6 Å². The van der Waals surface area contributed by atoms with Crippen molar-refractivity contribution in [3.8, 4) is 0 Å². The maximum Gasteiger partial charge on any atom is 0.318 e. The highest BCUT2D eigenvalue weighted by Crippen LogP contribution is 2.21. The molecule has 0 spiro atoms. The topological polar surface area (TPSA) is 48.5 Å². The Morgan fingerprint density at radius 3 is 2.74 bits per heavy atom. The molecule has 0 unspecified atom stereocenters. The molecule has 1 aromatic carbocycles. The van der Waals surface area contributed by atoms with Crippen LogP contribution >= 0.6 is 0 Å². The lowest BCUT2D eigenvalue weighted by Crippen LogP contribution is -2.55. The summed E-state index contributed by atoms with van der Waals surface area (Å²) in [5, 5.41) is 2.85. The van der Waals surface area contributed by atoms with Gasteiger partial charge in [0.25, 0.3) is 0 Å². The number of hydrogen-bond acceptors (Lipinski definition) is 3. The predicted octanol–water partition coefficient (Wildman–Crippen LogP) is 2.97. The minimum absolute atomic E-state index is 0.230. The largest absolute Gasteiger partial charge is 0.334 e. The van der Waals surface area contributed by atoms with Gasteiger partial charge >= 0.3 is 6.03 Å². The molecule has 3 rings (SSSR count). The summed E-state index contributed by atoms with van der Waals surface area (Å²) in [4.78, 5) is 20.3. The van der Waals surface area contributed by atoms with Crippen molar-refractivity contribution in [2.75, 3.05) is 20.1 Å². The van der Waals surface area contributed by atoms with Crippen molar-refractivity contribution in [2.24, 2.45) is 0 Å². The molecule has 1 aromatic heterocycles. The number of amides is 2. The van der Waals surface area contributed by atoms with E-state index in [1.165, 1.54) is 17.0 Å². The first kappa shape index (κ1) is 19.2. The summed E-state index contributed by atoms with van der Waals surface area (Å²) in [7, 11) is 1.87. The normalized spacial score (nSPS) is 20.3. The lowest BCUT2D eigenvalue weighted by molar-refractivity contribution is 0.0571. The average Bonchev–Trinajstić information content (AvgIpc) is 2.67. The Kier molecular flexibility index (Phi) is 6.34. The second-order valence-electron chi connectivity index (χ2n) is 6.91. The van der Waals surface area contributed by atoms with E-state index in [2.05, 4.69) is 10.3 Å². The first-order valence-electron chi connectivity index (χ1n) is 9.03. The van der Waals surface area contributed by atoms with Gasteiger partial charge in [0.15, 0.2) is 0 Å². The number of nitrogens with zero attached hydrogens (tertiary/aromatic N) is 3. The minimum atomic E-state index is -1.13. The van der Waals surface area contributed by atoms with Crippen molar-refractivity contribution in [1.29, 1.82) is 0 Å². The van der Waals surface area contributed by atoms with Gasteiger partial charge in [0, 0.05) is 38.6 Å². The summed E-state index contributed by atoms with van der Waals surface area (Å²) in [5.74, 6) is -0.339. The number of carbonyl (C=O) groups excluding carboxylic acids is 1. The van der Waals surface area contributed by atoms with Gasteiger partial charge in [-0.15, -0.1) is 0 Å². The van der Waals surface area contributed by atoms with Crippen LogP contribution < -0.4 is 5.32 Å². The molecule has 144 valence electrons. The van der Waals surface area contributed by atoms with Gasteiger partial charge in [-0.25, -0.2) is 13.6 Å². The van der Waals surface area contributed by atoms with Crippen LogP contribution in [0.4, 0.5) is 13.6 Å². The number of rotatable bonds is 5. The third-order valence-corrected chi connectivity index (χ3v) is 4.80. The molecule has 2 heterocycles. The number of urea groups is 1. The molecule has 0 bridgehead atoms. The van der Waals surface area contributed by atoms with Crippen molar-refractivity contribution in [2.45, 2.75) is 31.7 Å². The fourth-order valence-corrected chi connectivity index (χ4v) is 3.30. The summed E-state index contributed by atoms with van der Waals surface area (Å²) in [6.07, 6.45) is 2.77. The van der Waals surface area contributed by atoms with E-state index < -0.39 is 12.2 Å². The van der Waals surface area contributed by atoms with Crippen LogP contribution in [-0.4, -0.2) is 53.2 Å². The van der Waals surface area contributed by atoms with E-state index in [-0.39, 0.29) is 18.4 Å². The highest BCUT2D eigenvalue weighted by molar-refractivity contribution is 5.74. The van der Waals surface area contributed by atoms with Crippen LogP contribution in [0.2, 0.25) is 0 Å². The standard InChI is InChI=1S/C20H24F2N4O/c1-25-10-8-19(18(22)14-25)26(13-15-4-6-17(21)7-5-15)20(27)24-12-16-3-2-9-23-11-16/h2-7,9,11,18-19H,8,10,12-14H2,1H3,(H,24,27)/t18-,19+/m1/s1. The number of pyridine rings is 1. The van der Waals surface area contributed by atoms with E-state index in [4.69, 9.17) is 0 Å². The van der Waals surface area contributed by atoms with Gasteiger partial charge in [-0.05, 0) is 42.8 Å². The third-order valence-electron chi connectivity index (χ3n) is 4.80. The van der Waals surface area contributed by atoms with Crippen molar-refractivity contribution in [3.05, 3.63) is 65.7 Å². The van der Waals surface area contributed by atoms with E-state index >= 15 is 0 Å². The number of likely N-dealkylation sites (tertiary alicyclic amines) is 1. The zero-order valence-electron chi connectivity index (χ0n) is 15.3. The summed E-state index contributed by atoms with van der Waals surface area (Å²) in [6.45, 7) is 1.56. The van der Waals surface area contributed by atoms with Gasteiger partial charge in [0.2, 0.25) is 0 Å². The van der Waals surface area contributed by atoms with Crippen molar-refractivity contribution < 1.29 is 13.6 Å². The van der Waals surface area contributed by atoms with Crippen LogP contribution in [0.5, 0.6) is 0 Å². The van der Waals surface area contributed by atoms with E-state index in [1.807, 2.05) is 18.0 Å². The summed E-state index contributed by atoms with van der Waals surface area (Å²) >= 11 is 0. The monoisotopic (exact) mass is 374 g/mol. The zero-order valence-corrected chi connectivity index (χ0v) is 15.3. The Balaban J connectivity index is 1.73. The highest BCUT2D eigenvalue weighted by Gasteiger charge is 2.34. The Morgan fingerprint density at radius 1 is 1.30 bits per heavy atom. The summed E-state index contributed by atoms with van der Waals surface area (Å²) in [5.41, 5.74) is 1.63. The molecule has 2 aromatic rings. The number of halogens is 2. The molecule has 0 aliphatic carbocycles.